The topological polar surface area (TPSA) is 58.4 Å². The Bertz CT molecular complexity index is 828. The Morgan fingerprint density at radius 1 is 1.20 bits per heavy atom. The van der Waals surface area contributed by atoms with Gasteiger partial charge < -0.3 is 5.32 Å². The van der Waals surface area contributed by atoms with E-state index < -0.39 is 0 Å². The van der Waals surface area contributed by atoms with Crippen molar-refractivity contribution in [2.75, 3.05) is 19.6 Å². The highest BCUT2D eigenvalue weighted by Gasteiger charge is 2.22. The number of likely N-dealkylation sites (N-methyl/N-ethyl adjacent to an activating group) is 1. The number of hydrogen-bond donors (Lipinski definition) is 1. The highest BCUT2D eigenvalue weighted by molar-refractivity contribution is 5.66. The third kappa shape index (κ3) is 3.41. The Labute approximate surface area is 147 Å². The van der Waals surface area contributed by atoms with Crippen molar-refractivity contribution in [1.82, 2.24) is 30.3 Å². The van der Waals surface area contributed by atoms with Gasteiger partial charge in [0, 0.05) is 36.5 Å². The van der Waals surface area contributed by atoms with Crippen molar-refractivity contribution in [3.05, 3.63) is 48.2 Å². The monoisotopic (exact) mass is 336 g/mol. The van der Waals surface area contributed by atoms with E-state index in [1.807, 2.05) is 12.3 Å². The van der Waals surface area contributed by atoms with E-state index in [1.54, 1.807) is 4.52 Å². The van der Waals surface area contributed by atoms with Crippen LogP contribution in [-0.2, 0) is 6.54 Å². The molecule has 0 amide bonds. The second kappa shape index (κ2) is 7.29. The highest BCUT2D eigenvalue weighted by atomic mass is 15.5. The first-order valence-electron chi connectivity index (χ1n) is 9.06. The zero-order chi connectivity index (χ0) is 17.1. The molecule has 1 aliphatic rings. The van der Waals surface area contributed by atoms with Crippen molar-refractivity contribution in [2.45, 2.75) is 32.4 Å². The summed E-state index contributed by atoms with van der Waals surface area (Å²) in [6, 6.07) is 13.2. The van der Waals surface area contributed by atoms with Gasteiger partial charge >= 0.3 is 0 Å². The van der Waals surface area contributed by atoms with E-state index in [9.17, 15) is 0 Å². The van der Waals surface area contributed by atoms with Gasteiger partial charge in [-0.2, -0.15) is 4.52 Å². The van der Waals surface area contributed by atoms with Crippen LogP contribution >= 0.6 is 0 Å². The Balaban J connectivity index is 1.53. The number of nitrogens with one attached hydrogen (secondary N) is 1. The molecular formula is C19H24N6. The van der Waals surface area contributed by atoms with Crippen LogP contribution < -0.4 is 5.32 Å². The molecule has 0 unspecified atom stereocenters. The molecule has 1 saturated heterocycles. The van der Waals surface area contributed by atoms with Crippen LogP contribution in [0, 0.1) is 0 Å². The van der Waals surface area contributed by atoms with Gasteiger partial charge in [0.15, 0.2) is 5.65 Å². The van der Waals surface area contributed by atoms with Crippen molar-refractivity contribution >= 4 is 5.65 Å². The number of aromatic nitrogens is 4. The smallest absolute Gasteiger partial charge is 0.183 e. The molecule has 25 heavy (non-hydrogen) atoms. The van der Waals surface area contributed by atoms with Crippen LogP contribution in [0.1, 0.15) is 25.3 Å². The summed E-state index contributed by atoms with van der Waals surface area (Å²) in [5.41, 5.74) is 4.26. The number of pyridine rings is 1. The minimum absolute atomic E-state index is 0.648. The van der Waals surface area contributed by atoms with Gasteiger partial charge in [0.2, 0.25) is 0 Å². The first-order chi connectivity index (χ1) is 12.3. The zero-order valence-corrected chi connectivity index (χ0v) is 14.6. The predicted octanol–water partition coefficient (Wildman–Crippen LogP) is 2.37. The third-order valence-electron chi connectivity index (χ3n) is 5.08. The molecular weight excluding hydrogens is 312 g/mol. The maximum absolute atomic E-state index is 4.19. The minimum Gasteiger partial charge on any atom is -0.311 e. The average molecular weight is 336 g/mol. The van der Waals surface area contributed by atoms with Crippen LogP contribution in [0.15, 0.2) is 42.6 Å². The van der Waals surface area contributed by atoms with E-state index in [-0.39, 0.29) is 0 Å². The van der Waals surface area contributed by atoms with Crippen LogP contribution in [0.4, 0.5) is 0 Å². The molecule has 1 atom stereocenters. The van der Waals surface area contributed by atoms with E-state index in [0.717, 1.165) is 36.4 Å². The van der Waals surface area contributed by atoms with Crippen molar-refractivity contribution in [3.8, 4) is 11.1 Å². The van der Waals surface area contributed by atoms with Crippen molar-refractivity contribution in [3.63, 3.8) is 0 Å². The van der Waals surface area contributed by atoms with Crippen molar-refractivity contribution in [1.29, 1.82) is 0 Å². The van der Waals surface area contributed by atoms with E-state index in [2.05, 4.69) is 63.0 Å². The molecule has 0 saturated carbocycles. The number of nitrogens with zero attached hydrogens (tertiary/aromatic N) is 5. The lowest BCUT2D eigenvalue weighted by Gasteiger charge is -2.23. The lowest BCUT2D eigenvalue weighted by Crippen LogP contribution is -2.37. The highest BCUT2D eigenvalue weighted by Crippen LogP contribution is 2.22. The number of rotatable bonds is 6. The number of hydrogen-bond acceptors (Lipinski definition) is 5. The van der Waals surface area contributed by atoms with Gasteiger partial charge in [-0.3, -0.25) is 4.90 Å². The largest absolute Gasteiger partial charge is 0.311 e. The SMILES string of the molecule is CCN1CCC[C@@H]1CNCc1cc(-c2ccccc2)cn2nnnc12. The summed E-state index contributed by atoms with van der Waals surface area (Å²) >= 11 is 0. The normalized spacial score (nSPS) is 18.2. The molecule has 0 radical (unpaired) electrons. The Morgan fingerprint density at radius 3 is 2.92 bits per heavy atom. The summed E-state index contributed by atoms with van der Waals surface area (Å²) in [5.74, 6) is 0. The minimum atomic E-state index is 0.648. The molecule has 6 heteroatoms. The fraction of sp³-hybridized carbons (Fsp3) is 0.421. The number of benzene rings is 1. The van der Waals surface area contributed by atoms with Gasteiger partial charge in [-0.15, -0.1) is 5.10 Å². The van der Waals surface area contributed by atoms with Crippen LogP contribution in [0.25, 0.3) is 16.8 Å². The Morgan fingerprint density at radius 2 is 2.08 bits per heavy atom. The second-order valence-corrected chi connectivity index (χ2v) is 6.62. The van der Waals surface area contributed by atoms with Gasteiger partial charge in [0.1, 0.15) is 0 Å². The van der Waals surface area contributed by atoms with E-state index >= 15 is 0 Å². The van der Waals surface area contributed by atoms with Gasteiger partial charge in [-0.1, -0.05) is 37.3 Å². The van der Waals surface area contributed by atoms with Crippen LogP contribution in [0.2, 0.25) is 0 Å². The lowest BCUT2D eigenvalue weighted by molar-refractivity contribution is 0.260. The van der Waals surface area contributed by atoms with E-state index in [1.165, 1.54) is 24.9 Å². The Hall–Kier alpha value is -2.31. The van der Waals surface area contributed by atoms with E-state index in [4.69, 9.17) is 0 Å². The third-order valence-corrected chi connectivity index (χ3v) is 5.08. The number of fused-ring (bicyclic) bond motifs is 1. The summed E-state index contributed by atoms with van der Waals surface area (Å²) in [4.78, 5) is 2.56. The number of tetrazole rings is 1. The summed E-state index contributed by atoms with van der Waals surface area (Å²) in [7, 11) is 0. The van der Waals surface area contributed by atoms with Gasteiger partial charge in [-0.25, -0.2) is 0 Å². The summed E-state index contributed by atoms with van der Waals surface area (Å²) in [5, 5.41) is 15.7. The maximum atomic E-state index is 4.19. The first kappa shape index (κ1) is 16.2. The fourth-order valence-electron chi connectivity index (χ4n) is 3.75. The summed E-state index contributed by atoms with van der Waals surface area (Å²) in [6.07, 6.45) is 4.58. The average Bonchev–Trinajstić information content (AvgIpc) is 3.31. The second-order valence-electron chi connectivity index (χ2n) is 6.62. The van der Waals surface area contributed by atoms with Gasteiger partial charge in [0.25, 0.3) is 0 Å². The first-order valence-corrected chi connectivity index (χ1v) is 9.06. The molecule has 1 aromatic carbocycles. The summed E-state index contributed by atoms with van der Waals surface area (Å²) < 4.78 is 1.77. The molecule has 4 rings (SSSR count). The molecule has 1 N–H and O–H groups in total. The molecule has 1 aliphatic heterocycles. The molecule has 3 heterocycles. The molecule has 0 spiro atoms. The number of likely N-dealkylation sites (tertiary alicyclic amines) is 1. The molecule has 0 aliphatic carbocycles. The van der Waals surface area contributed by atoms with Crippen LogP contribution in [0.5, 0.6) is 0 Å². The molecule has 0 bridgehead atoms. The molecule has 130 valence electrons. The quantitative estimate of drug-likeness (QED) is 0.749. The Kier molecular flexibility index (Phi) is 4.72. The van der Waals surface area contributed by atoms with Gasteiger partial charge in [-0.05, 0) is 48.0 Å². The lowest BCUT2D eigenvalue weighted by atomic mass is 10.1. The van der Waals surface area contributed by atoms with Crippen LogP contribution in [0.3, 0.4) is 0 Å². The van der Waals surface area contributed by atoms with Gasteiger partial charge in [0.05, 0.1) is 0 Å². The molecule has 3 aromatic rings. The maximum Gasteiger partial charge on any atom is 0.183 e. The molecule has 6 nitrogen and oxygen atoms in total. The van der Waals surface area contributed by atoms with Crippen LogP contribution in [-0.4, -0.2) is 50.6 Å². The molecule has 2 aromatic heterocycles. The van der Waals surface area contributed by atoms with E-state index in [0.29, 0.717) is 6.04 Å². The molecule has 1 fully saturated rings. The summed E-state index contributed by atoms with van der Waals surface area (Å²) in [6.45, 7) is 6.39. The zero-order valence-electron chi connectivity index (χ0n) is 14.6. The fourth-order valence-corrected chi connectivity index (χ4v) is 3.75. The standard InChI is InChI=1S/C19H24N6/c1-2-24-10-6-9-18(24)13-20-12-16-11-17(15-7-4-3-5-8-15)14-25-19(16)21-22-23-25/h3-5,7-8,11,14,18,20H,2,6,9-10,12-13H2,1H3/t18-/m1/s1. The van der Waals surface area contributed by atoms with Crippen molar-refractivity contribution in [2.24, 2.45) is 0 Å². The predicted molar refractivity (Wildman–Crippen MR) is 98.2 cm³/mol. The van der Waals surface area contributed by atoms with Crippen molar-refractivity contribution < 1.29 is 0 Å².